The standard InChI is InChI=1S/C22H22O9/c1-9-10(2)19(12(4)20(29-5)16(9)21(27)30-6)31-22(28)15-11(3)13(7-23)17(25)14(8-24)18(15)26/h7-8,25-26H,1-6H3. The molecule has 2 rings (SSSR count). The van der Waals surface area contributed by atoms with Crippen molar-refractivity contribution >= 4 is 24.5 Å². The molecule has 9 nitrogen and oxygen atoms in total. The summed E-state index contributed by atoms with van der Waals surface area (Å²) in [6.07, 6.45) is 0.394. The molecule has 164 valence electrons. The lowest BCUT2D eigenvalue weighted by Crippen LogP contribution is -2.16. The van der Waals surface area contributed by atoms with Gasteiger partial charge in [-0.05, 0) is 44.4 Å². The Kier molecular flexibility index (Phi) is 6.69. The van der Waals surface area contributed by atoms with Crippen LogP contribution in [0.3, 0.4) is 0 Å². The van der Waals surface area contributed by atoms with E-state index in [1.54, 1.807) is 20.8 Å². The zero-order valence-electron chi connectivity index (χ0n) is 17.9. The molecule has 0 saturated carbocycles. The normalized spacial score (nSPS) is 10.4. The number of methoxy groups -OCH3 is 2. The van der Waals surface area contributed by atoms with Gasteiger partial charge in [0, 0.05) is 5.56 Å². The molecule has 0 saturated heterocycles. The van der Waals surface area contributed by atoms with Gasteiger partial charge in [0.15, 0.2) is 12.6 Å². The monoisotopic (exact) mass is 430 g/mol. The van der Waals surface area contributed by atoms with Crippen LogP contribution in [0.25, 0.3) is 0 Å². The second-order valence-electron chi connectivity index (χ2n) is 6.75. The van der Waals surface area contributed by atoms with E-state index in [9.17, 15) is 29.4 Å². The molecule has 0 aliphatic carbocycles. The molecule has 0 spiro atoms. The van der Waals surface area contributed by atoms with Gasteiger partial charge >= 0.3 is 11.9 Å². The number of hydrogen-bond acceptors (Lipinski definition) is 9. The van der Waals surface area contributed by atoms with E-state index in [-0.39, 0.29) is 40.8 Å². The number of ether oxygens (including phenoxy) is 3. The van der Waals surface area contributed by atoms with E-state index >= 15 is 0 Å². The van der Waals surface area contributed by atoms with Gasteiger partial charge in [0.2, 0.25) is 0 Å². The molecule has 0 fully saturated rings. The molecular weight excluding hydrogens is 408 g/mol. The Hall–Kier alpha value is -3.88. The van der Waals surface area contributed by atoms with Crippen molar-refractivity contribution in [1.82, 2.24) is 0 Å². The second kappa shape index (κ2) is 8.86. The van der Waals surface area contributed by atoms with Crippen molar-refractivity contribution in [2.45, 2.75) is 27.7 Å². The highest BCUT2D eigenvalue weighted by Crippen LogP contribution is 2.40. The average molecular weight is 430 g/mol. The molecule has 31 heavy (non-hydrogen) atoms. The van der Waals surface area contributed by atoms with Gasteiger partial charge in [0.25, 0.3) is 0 Å². The predicted octanol–water partition coefficient (Wildman–Crippen LogP) is 2.97. The fourth-order valence-corrected chi connectivity index (χ4v) is 3.39. The molecule has 0 aliphatic rings. The minimum absolute atomic E-state index is 0.0641. The van der Waals surface area contributed by atoms with Gasteiger partial charge in [0.1, 0.15) is 34.1 Å². The number of phenolic OH excluding ortho intramolecular Hbond substituents is 2. The van der Waals surface area contributed by atoms with Crippen LogP contribution >= 0.6 is 0 Å². The van der Waals surface area contributed by atoms with E-state index in [2.05, 4.69) is 0 Å². The average Bonchev–Trinajstić information content (AvgIpc) is 2.73. The first-order chi connectivity index (χ1) is 14.6. The summed E-state index contributed by atoms with van der Waals surface area (Å²) in [5, 5.41) is 20.4. The first kappa shape index (κ1) is 23.4. The molecule has 0 radical (unpaired) electrons. The van der Waals surface area contributed by atoms with Crippen molar-refractivity contribution in [3.05, 3.63) is 44.5 Å². The third-order valence-electron chi connectivity index (χ3n) is 5.20. The van der Waals surface area contributed by atoms with Crippen molar-refractivity contribution in [2.75, 3.05) is 14.2 Å². The number of carbonyl (C=O) groups is 4. The Morgan fingerprint density at radius 2 is 1.29 bits per heavy atom. The number of aldehydes is 2. The zero-order valence-corrected chi connectivity index (χ0v) is 17.9. The Balaban J connectivity index is 2.73. The van der Waals surface area contributed by atoms with E-state index in [1.165, 1.54) is 21.1 Å². The molecule has 0 aromatic heterocycles. The number of benzene rings is 2. The fraction of sp³-hybridized carbons (Fsp3) is 0.273. The molecule has 0 unspecified atom stereocenters. The smallest absolute Gasteiger partial charge is 0.347 e. The number of rotatable bonds is 6. The van der Waals surface area contributed by atoms with Crippen LogP contribution in [0.1, 0.15) is 63.7 Å². The lowest BCUT2D eigenvalue weighted by molar-refractivity contribution is 0.0595. The SMILES string of the molecule is COC(=O)c1c(C)c(C)c(OC(=O)c2c(C)c(C=O)c(O)c(C=O)c2O)c(C)c1OC. The van der Waals surface area contributed by atoms with Crippen LogP contribution in [-0.4, -0.2) is 48.9 Å². The number of hydrogen-bond donors (Lipinski definition) is 2. The Bertz CT molecular complexity index is 1080. The maximum absolute atomic E-state index is 13.0. The summed E-state index contributed by atoms with van der Waals surface area (Å²) in [4.78, 5) is 47.8. The Morgan fingerprint density at radius 3 is 1.77 bits per heavy atom. The number of carbonyl (C=O) groups excluding carboxylic acids is 4. The van der Waals surface area contributed by atoms with Crippen LogP contribution in [0, 0.1) is 27.7 Å². The van der Waals surface area contributed by atoms with E-state index < -0.39 is 34.6 Å². The summed E-state index contributed by atoms with van der Waals surface area (Å²) < 4.78 is 15.6. The van der Waals surface area contributed by atoms with Crippen molar-refractivity contribution in [3.63, 3.8) is 0 Å². The van der Waals surface area contributed by atoms with Crippen LogP contribution in [0.4, 0.5) is 0 Å². The van der Waals surface area contributed by atoms with E-state index in [0.29, 0.717) is 16.7 Å². The summed E-state index contributed by atoms with van der Waals surface area (Å²) in [7, 11) is 2.57. The highest BCUT2D eigenvalue weighted by atomic mass is 16.5. The molecule has 0 aliphatic heterocycles. The van der Waals surface area contributed by atoms with Crippen LogP contribution < -0.4 is 9.47 Å². The van der Waals surface area contributed by atoms with E-state index in [0.717, 1.165) is 0 Å². The summed E-state index contributed by atoms with van der Waals surface area (Å²) in [6, 6.07) is 0. The Morgan fingerprint density at radius 1 is 0.710 bits per heavy atom. The van der Waals surface area contributed by atoms with Gasteiger partial charge in [-0.1, -0.05) is 0 Å². The van der Waals surface area contributed by atoms with E-state index in [4.69, 9.17) is 14.2 Å². The topological polar surface area (TPSA) is 136 Å². The number of esters is 2. The number of aromatic hydroxyl groups is 2. The first-order valence-electron chi connectivity index (χ1n) is 9.04. The minimum Gasteiger partial charge on any atom is -0.506 e. The molecular formula is C22H22O9. The van der Waals surface area contributed by atoms with Crippen LogP contribution in [0.2, 0.25) is 0 Å². The maximum atomic E-state index is 13.0. The van der Waals surface area contributed by atoms with Crippen LogP contribution in [-0.2, 0) is 4.74 Å². The summed E-state index contributed by atoms with van der Waals surface area (Å²) in [5.41, 5.74) is -0.0604. The van der Waals surface area contributed by atoms with Crippen molar-refractivity contribution < 1.29 is 43.6 Å². The van der Waals surface area contributed by atoms with Crippen LogP contribution in [0.15, 0.2) is 0 Å². The lowest BCUT2D eigenvalue weighted by atomic mass is 9.95. The third kappa shape index (κ3) is 3.70. The van der Waals surface area contributed by atoms with Gasteiger partial charge < -0.3 is 24.4 Å². The second-order valence-corrected chi connectivity index (χ2v) is 6.75. The van der Waals surface area contributed by atoms with Crippen molar-refractivity contribution in [1.29, 1.82) is 0 Å². The zero-order chi connectivity index (χ0) is 23.6. The summed E-state index contributed by atoms with van der Waals surface area (Å²) in [6.45, 7) is 6.13. The summed E-state index contributed by atoms with van der Waals surface area (Å²) >= 11 is 0. The van der Waals surface area contributed by atoms with Gasteiger partial charge in [-0.3, -0.25) is 9.59 Å². The van der Waals surface area contributed by atoms with E-state index in [1.807, 2.05) is 0 Å². The molecule has 2 aromatic carbocycles. The van der Waals surface area contributed by atoms with Gasteiger partial charge in [-0.25, -0.2) is 9.59 Å². The quantitative estimate of drug-likeness (QED) is 0.402. The number of phenols is 2. The highest BCUT2D eigenvalue weighted by Gasteiger charge is 2.29. The van der Waals surface area contributed by atoms with Gasteiger partial charge in [-0.2, -0.15) is 0 Å². The molecule has 2 aromatic rings. The fourth-order valence-electron chi connectivity index (χ4n) is 3.39. The summed E-state index contributed by atoms with van der Waals surface area (Å²) in [5.74, 6) is -3.03. The van der Waals surface area contributed by atoms with Crippen LogP contribution in [0.5, 0.6) is 23.0 Å². The molecule has 0 bridgehead atoms. The largest absolute Gasteiger partial charge is 0.506 e. The Labute approximate surface area is 178 Å². The third-order valence-corrected chi connectivity index (χ3v) is 5.20. The van der Waals surface area contributed by atoms with Crippen molar-refractivity contribution in [2.24, 2.45) is 0 Å². The maximum Gasteiger partial charge on any atom is 0.347 e. The van der Waals surface area contributed by atoms with Gasteiger partial charge in [0.05, 0.1) is 25.3 Å². The molecule has 9 heteroatoms. The predicted molar refractivity (Wildman–Crippen MR) is 109 cm³/mol. The molecule has 0 heterocycles. The highest BCUT2D eigenvalue weighted by molar-refractivity contribution is 6.04. The van der Waals surface area contributed by atoms with Gasteiger partial charge in [-0.15, -0.1) is 0 Å². The molecule has 0 atom stereocenters. The minimum atomic E-state index is -1.07. The molecule has 0 amide bonds. The first-order valence-corrected chi connectivity index (χ1v) is 9.04. The lowest BCUT2D eigenvalue weighted by Gasteiger charge is -2.20. The van der Waals surface area contributed by atoms with Crippen molar-refractivity contribution in [3.8, 4) is 23.0 Å². The molecule has 2 N–H and O–H groups in total.